The van der Waals surface area contributed by atoms with Crippen LogP contribution in [0, 0.1) is 0 Å². The van der Waals surface area contributed by atoms with E-state index >= 15 is 0 Å². The van der Waals surface area contributed by atoms with Gasteiger partial charge in [0.25, 0.3) is 0 Å². The predicted octanol–water partition coefficient (Wildman–Crippen LogP) is 2.95. The van der Waals surface area contributed by atoms with Crippen LogP contribution >= 0.6 is 0 Å². The van der Waals surface area contributed by atoms with Crippen molar-refractivity contribution in [1.29, 1.82) is 0 Å². The van der Waals surface area contributed by atoms with E-state index in [1.807, 2.05) is 36.4 Å². The molecule has 1 N–H and O–H groups in total. The fourth-order valence-corrected chi connectivity index (χ4v) is 6.12. The van der Waals surface area contributed by atoms with Gasteiger partial charge in [-0.3, -0.25) is 0 Å². The third-order valence-corrected chi connectivity index (χ3v) is 8.51. The molecule has 0 amide bonds. The summed E-state index contributed by atoms with van der Waals surface area (Å²) in [6.45, 7) is 2.32. The first-order valence-corrected chi connectivity index (χ1v) is 12.7. The van der Waals surface area contributed by atoms with Crippen LogP contribution in [0.15, 0.2) is 58.4 Å². The molecule has 8 heteroatoms. The van der Waals surface area contributed by atoms with Crippen LogP contribution in [0.5, 0.6) is 0 Å². The van der Waals surface area contributed by atoms with Gasteiger partial charge in [0.05, 0.1) is 4.90 Å². The van der Waals surface area contributed by atoms with Gasteiger partial charge in [0.2, 0.25) is 15.9 Å². The van der Waals surface area contributed by atoms with Crippen molar-refractivity contribution >= 4 is 21.9 Å². The van der Waals surface area contributed by atoms with E-state index in [2.05, 4.69) is 10.3 Å². The maximum absolute atomic E-state index is 12.8. The van der Waals surface area contributed by atoms with Gasteiger partial charge in [0.15, 0.2) is 5.54 Å². The Morgan fingerprint density at radius 3 is 2.03 bits per heavy atom. The summed E-state index contributed by atoms with van der Waals surface area (Å²) in [6, 6.07) is 14.7. The Morgan fingerprint density at radius 2 is 1.41 bits per heavy atom. The second-order valence-corrected chi connectivity index (χ2v) is 10.6. The number of piperazine rings is 1. The van der Waals surface area contributed by atoms with E-state index < -0.39 is 15.6 Å². The highest BCUT2D eigenvalue weighted by atomic mass is 32.2. The van der Waals surface area contributed by atoms with Gasteiger partial charge in [-0.1, -0.05) is 43.5 Å². The summed E-state index contributed by atoms with van der Waals surface area (Å²) in [7, 11) is -3.47. The van der Waals surface area contributed by atoms with Crippen LogP contribution in [-0.4, -0.2) is 56.3 Å². The molecule has 1 saturated carbocycles. The van der Waals surface area contributed by atoms with Crippen LogP contribution in [0.25, 0.3) is 11.1 Å². The third kappa shape index (κ3) is 3.87. The standard InChI is InChI=1S/C24H27N3O4S/c28-23-24(12-2-1-3-13-24)26-22(31-23)20-6-4-18(5-7-20)19-8-10-21(11-9-19)32(29,30)27-16-14-25-15-17-27/h4-11,25H,1-3,12-17H2. The molecule has 2 aliphatic heterocycles. The molecule has 2 fully saturated rings. The first-order valence-electron chi connectivity index (χ1n) is 11.2. The largest absolute Gasteiger partial charge is 0.405 e. The number of carbonyl (C=O) groups is 1. The number of ether oxygens (including phenoxy) is 1. The molecule has 3 aliphatic rings. The molecule has 1 spiro atoms. The molecular weight excluding hydrogens is 426 g/mol. The topological polar surface area (TPSA) is 88.1 Å². The molecule has 2 aromatic rings. The van der Waals surface area contributed by atoms with Crippen molar-refractivity contribution in [1.82, 2.24) is 9.62 Å². The molecule has 5 rings (SSSR count). The second-order valence-electron chi connectivity index (χ2n) is 8.65. The minimum Gasteiger partial charge on any atom is -0.405 e. The highest BCUT2D eigenvalue weighted by Crippen LogP contribution is 2.37. The minimum absolute atomic E-state index is 0.224. The van der Waals surface area contributed by atoms with Crippen molar-refractivity contribution in [3.63, 3.8) is 0 Å². The summed E-state index contributed by atoms with van der Waals surface area (Å²) in [5.41, 5.74) is 1.97. The molecule has 0 unspecified atom stereocenters. The molecule has 0 radical (unpaired) electrons. The van der Waals surface area contributed by atoms with Crippen LogP contribution in [0.3, 0.4) is 0 Å². The monoisotopic (exact) mass is 453 g/mol. The first kappa shape index (κ1) is 21.3. The fourth-order valence-electron chi connectivity index (χ4n) is 4.68. The zero-order valence-electron chi connectivity index (χ0n) is 17.9. The molecule has 0 aromatic heterocycles. The maximum Gasteiger partial charge on any atom is 0.340 e. The lowest BCUT2D eigenvalue weighted by Crippen LogP contribution is -2.46. The molecule has 168 valence electrons. The van der Waals surface area contributed by atoms with Crippen LogP contribution in [0.4, 0.5) is 0 Å². The molecule has 0 bridgehead atoms. The van der Waals surface area contributed by atoms with Crippen molar-refractivity contribution in [2.75, 3.05) is 26.2 Å². The van der Waals surface area contributed by atoms with Crippen LogP contribution < -0.4 is 5.32 Å². The molecule has 0 atom stereocenters. The highest BCUT2D eigenvalue weighted by molar-refractivity contribution is 7.89. The smallest absolute Gasteiger partial charge is 0.340 e. The van der Waals surface area contributed by atoms with Gasteiger partial charge in [0, 0.05) is 31.7 Å². The number of hydrogen-bond acceptors (Lipinski definition) is 6. The third-order valence-electron chi connectivity index (χ3n) is 6.60. The van der Waals surface area contributed by atoms with Gasteiger partial charge >= 0.3 is 5.97 Å². The molecule has 1 saturated heterocycles. The van der Waals surface area contributed by atoms with E-state index in [4.69, 9.17) is 4.74 Å². The zero-order valence-corrected chi connectivity index (χ0v) is 18.7. The Kier molecular flexibility index (Phi) is 5.61. The van der Waals surface area contributed by atoms with Crippen molar-refractivity contribution in [2.24, 2.45) is 4.99 Å². The van der Waals surface area contributed by atoms with Gasteiger partial charge < -0.3 is 10.1 Å². The summed E-state index contributed by atoms with van der Waals surface area (Å²) in [5.74, 6) is 0.179. The first-order chi connectivity index (χ1) is 15.5. The maximum atomic E-state index is 12.8. The average Bonchev–Trinajstić information content (AvgIpc) is 3.15. The van der Waals surface area contributed by atoms with Crippen LogP contribution in [0.1, 0.15) is 37.7 Å². The van der Waals surface area contributed by atoms with Crippen molar-refractivity contribution < 1.29 is 17.9 Å². The normalized spacial score (nSPS) is 21.4. The number of sulfonamides is 1. The van der Waals surface area contributed by atoms with E-state index in [-0.39, 0.29) is 5.97 Å². The second kappa shape index (κ2) is 8.42. The average molecular weight is 454 g/mol. The number of aliphatic imine (C=N–C) groups is 1. The Hall–Kier alpha value is -2.55. The predicted molar refractivity (Wildman–Crippen MR) is 122 cm³/mol. The fraction of sp³-hybridized carbons (Fsp3) is 0.417. The van der Waals surface area contributed by atoms with E-state index in [0.717, 1.165) is 48.8 Å². The summed E-state index contributed by atoms with van der Waals surface area (Å²) in [4.78, 5) is 17.5. The Labute approximate surface area is 188 Å². The number of hydrogen-bond donors (Lipinski definition) is 1. The number of cyclic esters (lactones) is 1. The number of nitrogens with one attached hydrogen (secondary N) is 1. The zero-order chi connectivity index (χ0) is 22.2. The summed E-state index contributed by atoms with van der Waals surface area (Å²) in [5, 5.41) is 3.17. The van der Waals surface area contributed by atoms with Crippen molar-refractivity contribution in [2.45, 2.75) is 42.5 Å². The number of nitrogens with zero attached hydrogens (tertiary/aromatic N) is 2. The lowest BCUT2D eigenvalue weighted by atomic mass is 9.83. The van der Waals surface area contributed by atoms with Gasteiger partial charge in [-0.25, -0.2) is 18.2 Å². The van der Waals surface area contributed by atoms with Crippen LogP contribution in [-0.2, 0) is 19.6 Å². The number of rotatable bonds is 4. The number of esters is 1. The molecule has 2 aromatic carbocycles. The number of carbonyl (C=O) groups excluding carboxylic acids is 1. The molecule has 1 aliphatic carbocycles. The van der Waals surface area contributed by atoms with Gasteiger partial charge in [-0.15, -0.1) is 0 Å². The summed E-state index contributed by atoms with van der Waals surface area (Å²) >= 11 is 0. The highest BCUT2D eigenvalue weighted by Gasteiger charge is 2.46. The van der Waals surface area contributed by atoms with Crippen molar-refractivity contribution in [3.8, 4) is 11.1 Å². The lowest BCUT2D eigenvalue weighted by Gasteiger charge is -2.26. The van der Waals surface area contributed by atoms with E-state index in [1.54, 1.807) is 12.1 Å². The van der Waals surface area contributed by atoms with Gasteiger partial charge in [-0.2, -0.15) is 4.31 Å². The molecule has 2 heterocycles. The summed E-state index contributed by atoms with van der Waals surface area (Å²) < 4.78 is 32.7. The molecule has 7 nitrogen and oxygen atoms in total. The molecular formula is C24H27N3O4S. The van der Waals surface area contributed by atoms with E-state index in [1.165, 1.54) is 4.31 Å². The Morgan fingerprint density at radius 1 is 0.844 bits per heavy atom. The SMILES string of the molecule is O=C1OC(c2ccc(-c3ccc(S(=O)(=O)N4CCNCC4)cc3)cc2)=NC12CCCCC2. The number of benzene rings is 2. The van der Waals surface area contributed by atoms with E-state index in [9.17, 15) is 13.2 Å². The Balaban J connectivity index is 1.33. The minimum atomic E-state index is -3.47. The Bertz CT molecular complexity index is 1130. The van der Waals surface area contributed by atoms with Crippen molar-refractivity contribution in [3.05, 3.63) is 54.1 Å². The van der Waals surface area contributed by atoms with Gasteiger partial charge in [-0.05, 0) is 48.2 Å². The van der Waals surface area contributed by atoms with Gasteiger partial charge in [0.1, 0.15) is 0 Å². The lowest BCUT2D eigenvalue weighted by molar-refractivity contribution is -0.140. The quantitative estimate of drug-likeness (QED) is 0.719. The van der Waals surface area contributed by atoms with E-state index in [0.29, 0.717) is 37.0 Å². The molecule has 32 heavy (non-hydrogen) atoms. The summed E-state index contributed by atoms with van der Waals surface area (Å²) in [6.07, 6.45) is 4.67. The van der Waals surface area contributed by atoms with Crippen LogP contribution in [0.2, 0.25) is 0 Å².